The van der Waals surface area contributed by atoms with Crippen LogP contribution in [0, 0.1) is 6.92 Å². The second-order valence-corrected chi connectivity index (χ2v) is 6.68. The Kier molecular flexibility index (Phi) is 4.09. The first-order valence-corrected chi connectivity index (χ1v) is 8.43. The summed E-state index contributed by atoms with van der Waals surface area (Å²) < 4.78 is 11.8. The predicted molar refractivity (Wildman–Crippen MR) is 89.2 cm³/mol. The van der Waals surface area contributed by atoms with Crippen LogP contribution in [0.15, 0.2) is 36.8 Å². The lowest BCUT2D eigenvalue weighted by Gasteiger charge is -2.52. The van der Waals surface area contributed by atoms with Crippen LogP contribution in [0.3, 0.4) is 0 Å². The van der Waals surface area contributed by atoms with Crippen molar-refractivity contribution in [3.05, 3.63) is 48.0 Å². The maximum atomic E-state index is 12.5. The first-order chi connectivity index (χ1) is 12.1. The Morgan fingerprint density at radius 3 is 2.80 bits per heavy atom. The fourth-order valence-corrected chi connectivity index (χ4v) is 3.35. The summed E-state index contributed by atoms with van der Waals surface area (Å²) in [6.07, 6.45) is 6.57. The largest absolute Gasteiger partial charge is 0.460 e. The fourth-order valence-electron chi connectivity index (χ4n) is 3.35. The minimum Gasteiger partial charge on any atom is -0.460 e. The lowest BCUT2D eigenvalue weighted by atomic mass is 9.84. The van der Waals surface area contributed by atoms with Gasteiger partial charge in [0.15, 0.2) is 0 Å². The highest BCUT2D eigenvalue weighted by atomic mass is 16.5. The SMILES string of the molecule is Cc1ccc(C(=O)N2CC3(CC(Oc4ncccn4)CCO3)C2)nc1. The van der Waals surface area contributed by atoms with Gasteiger partial charge >= 0.3 is 6.01 Å². The molecule has 0 aliphatic carbocycles. The number of aryl methyl sites for hydroxylation is 1. The van der Waals surface area contributed by atoms with E-state index in [4.69, 9.17) is 9.47 Å². The van der Waals surface area contributed by atoms with E-state index in [1.165, 1.54) is 0 Å². The number of amides is 1. The summed E-state index contributed by atoms with van der Waals surface area (Å²) in [6, 6.07) is 5.81. The highest BCUT2D eigenvalue weighted by Gasteiger charge is 2.50. The Bertz CT molecular complexity index is 745. The molecule has 1 atom stereocenters. The number of hydrogen-bond donors (Lipinski definition) is 0. The molecule has 2 aromatic rings. The fraction of sp³-hybridized carbons (Fsp3) is 0.444. The van der Waals surface area contributed by atoms with Gasteiger partial charge in [0, 0.05) is 31.4 Å². The van der Waals surface area contributed by atoms with Crippen molar-refractivity contribution in [2.24, 2.45) is 0 Å². The van der Waals surface area contributed by atoms with Gasteiger partial charge in [0.2, 0.25) is 0 Å². The van der Waals surface area contributed by atoms with Crippen molar-refractivity contribution >= 4 is 5.91 Å². The lowest BCUT2D eigenvalue weighted by molar-refractivity contribution is -0.174. The minimum absolute atomic E-state index is 0.00546. The van der Waals surface area contributed by atoms with E-state index in [1.54, 1.807) is 35.6 Å². The standard InChI is InChI=1S/C18H20N4O3/c1-13-3-4-15(21-10-13)16(23)22-11-18(12-22)9-14(5-8-24-18)25-17-19-6-2-7-20-17/h2-4,6-7,10,14H,5,8-9,11-12H2,1H3. The molecule has 0 radical (unpaired) electrons. The van der Waals surface area contributed by atoms with Gasteiger partial charge in [-0.1, -0.05) is 6.07 Å². The Morgan fingerprint density at radius 1 is 1.28 bits per heavy atom. The van der Waals surface area contributed by atoms with E-state index in [0.717, 1.165) is 18.4 Å². The Morgan fingerprint density at radius 2 is 2.08 bits per heavy atom. The molecule has 7 nitrogen and oxygen atoms in total. The summed E-state index contributed by atoms with van der Waals surface area (Å²) in [5, 5.41) is 0. The summed E-state index contributed by atoms with van der Waals surface area (Å²) in [6.45, 7) is 3.70. The van der Waals surface area contributed by atoms with Crippen molar-refractivity contribution < 1.29 is 14.3 Å². The molecular formula is C18H20N4O3. The van der Waals surface area contributed by atoms with E-state index in [-0.39, 0.29) is 17.6 Å². The van der Waals surface area contributed by atoms with Gasteiger partial charge < -0.3 is 14.4 Å². The molecule has 130 valence electrons. The first kappa shape index (κ1) is 16.0. The molecule has 0 N–H and O–H groups in total. The van der Waals surface area contributed by atoms with Crippen LogP contribution in [0.2, 0.25) is 0 Å². The normalized spacial score (nSPS) is 21.6. The van der Waals surface area contributed by atoms with Gasteiger partial charge in [0.25, 0.3) is 5.91 Å². The summed E-state index contributed by atoms with van der Waals surface area (Å²) >= 11 is 0. The Hall–Kier alpha value is -2.54. The van der Waals surface area contributed by atoms with Gasteiger partial charge in [-0.2, -0.15) is 0 Å². The zero-order valence-electron chi connectivity index (χ0n) is 14.1. The summed E-state index contributed by atoms with van der Waals surface area (Å²) in [7, 11) is 0. The number of ether oxygens (including phenoxy) is 2. The molecular weight excluding hydrogens is 320 g/mol. The molecule has 7 heteroatoms. The molecule has 1 unspecified atom stereocenters. The predicted octanol–water partition coefficient (Wildman–Crippen LogP) is 1.63. The van der Waals surface area contributed by atoms with Crippen molar-refractivity contribution in [3.8, 4) is 6.01 Å². The molecule has 1 amide bonds. The van der Waals surface area contributed by atoms with E-state index in [2.05, 4.69) is 15.0 Å². The van der Waals surface area contributed by atoms with Gasteiger partial charge in [0.1, 0.15) is 17.4 Å². The molecule has 4 rings (SSSR count). The van der Waals surface area contributed by atoms with Crippen LogP contribution in [0.4, 0.5) is 0 Å². The van der Waals surface area contributed by atoms with Crippen LogP contribution < -0.4 is 4.74 Å². The van der Waals surface area contributed by atoms with Crippen LogP contribution in [0.1, 0.15) is 28.9 Å². The third-order valence-electron chi connectivity index (χ3n) is 4.64. The molecule has 2 aliphatic heterocycles. The number of carbonyl (C=O) groups is 1. The minimum atomic E-state index is -0.321. The molecule has 4 heterocycles. The molecule has 1 spiro atoms. The summed E-state index contributed by atoms with van der Waals surface area (Å²) in [4.78, 5) is 26.7. The van der Waals surface area contributed by atoms with Crippen LogP contribution in [0.5, 0.6) is 6.01 Å². The van der Waals surface area contributed by atoms with E-state index in [9.17, 15) is 4.79 Å². The van der Waals surface area contributed by atoms with Gasteiger partial charge in [-0.3, -0.25) is 9.78 Å². The van der Waals surface area contributed by atoms with Crippen molar-refractivity contribution in [1.82, 2.24) is 19.9 Å². The van der Waals surface area contributed by atoms with Crippen LogP contribution in [-0.2, 0) is 4.74 Å². The summed E-state index contributed by atoms with van der Waals surface area (Å²) in [5.74, 6) is -0.0522. The number of hydrogen-bond acceptors (Lipinski definition) is 6. The number of pyridine rings is 1. The lowest BCUT2D eigenvalue weighted by Crippen LogP contribution is -2.67. The smallest absolute Gasteiger partial charge is 0.316 e. The van der Waals surface area contributed by atoms with Crippen LogP contribution in [-0.4, -0.2) is 57.2 Å². The van der Waals surface area contributed by atoms with E-state index in [1.807, 2.05) is 13.0 Å². The number of nitrogens with zero attached hydrogens (tertiary/aromatic N) is 4. The summed E-state index contributed by atoms with van der Waals surface area (Å²) in [5.41, 5.74) is 1.19. The maximum absolute atomic E-state index is 12.5. The van der Waals surface area contributed by atoms with Crippen LogP contribution in [0.25, 0.3) is 0 Å². The number of rotatable bonds is 3. The van der Waals surface area contributed by atoms with Gasteiger partial charge in [-0.05, 0) is 24.6 Å². The third kappa shape index (κ3) is 3.32. The molecule has 0 aromatic carbocycles. The van der Waals surface area contributed by atoms with Gasteiger partial charge in [-0.25, -0.2) is 9.97 Å². The van der Waals surface area contributed by atoms with Crippen LogP contribution >= 0.6 is 0 Å². The first-order valence-electron chi connectivity index (χ1n) is 8.43. The highest BCUT2D eigenvalue weighted by Crippen LogP contribution is 2.36. The second-order valence-electron chi connectivity index (χ2n) is 6.68. The highest BCUT2D eigenvalue weighted by molar-refractivity contribution is 5.93. The van der Waals surface area contributed by atoms with Crippen molar-refractivity contribution in [3.63, 3.8) is 0 Å². The zero-order chi connectivity index (χ0) is 17.3. The molecule has 0 saturated carbocycles. The van der Waals surface area contributed by atoms with Gasteiger partial charge in [-0.15, -0.1) is 0 Å². The monoisotopic (exact) mass is 340 g/mol. The number of likely N-dealkylation sites (tertiary alicyclic amines) is 1. The topological polar surface area (TPSA) is 77.4 Å². The molecule has 0 bridgehead atoms. The van der Waals surface area contributed by atoms with E-state index < -0.39 is 0 Å². The van der Waals surface area contributed by atoms with Crippen molar-refractivity contribution in [2.45, 2.75) is 31.5 Å². The molecule has 2 aromatic heterocycles. The third-order valence-corrected chi connectivity index (χ3v) is 4.64. The molecule has 2 saturated heterocycles. The van der Waals surface area contributed by atoms with Crippen molar-refractivity contribution in [1.29, 1.82) is 0 Å². The Balaban J connectivity index is 1.36. The quantitative estimate of drug-likeness (QED) is 0.845. The number of carbonyl (C=O) groups excluding carboxylic acids is 1. The zero-order valence-corrected chi connectivity index (χ0v) is 14.1. The molecule has 2 aliphatic rings. The molecule has 2 fully saturated rings. The van der Waals surface area contributed by atoms with Crippen molar-refractivity contribution in [2.75, 3.05) is 19.7 Å². The Labute approximate surface area is 146 Å². The van der Waals surface area contributed by atoms with E-state index in [0.29, 0.717) is 31.4 Å². The van der Waals surface area contributed by atoms with E-state index >= 15 is 0 Å². The van der Waals surface area contributed by atoms with Gasteiger partial charge in [0.05, 0.1) is 19.7 Å². The second kappa shape index (κ2) is 6.40. The maximum Gasteiger partial charge on any atom is 0.316 e. The average Bonchev–Trinajstić information content (AvgIpc) is 2.61. The average molecular weight is 340 g/mol. The molecule has 25 heavy (non-hydrogen) atoms. The number of aromatic nitrogens is 3.